The van der Waals surface area contributed by atoms with Crippen LogP contribution in [0, 0.1) is 5.82 Å². The molecule has 1 N–H and O–H groups in total. The first-order chi connectivity index (χ1) is 19.1. The first-order valence-electron chi connectivity index (χ1n) is 12.1. The summed E-state index contributed by atoms with van der Waals surface area (Å²) in [6.07, 6.45) is 8.49. The molecule has 0 unspecified atom stereocenters. The zero-order chi connectivity index (χ0) is 27.0. The van der Waals surface area contributed by atoms with Crippen LogP contribution in [-0.4, -0.2) is 34.8 Å². The molecule has 0 fully saturated rings. The number of ether oxygens (including phenoxy) is 4. The summed E-state index contributed by atoms with van der Waals surface area (Å²) in [5.41, 5.74) is 3.07. The third-order valence-corrected chi connectivity index (χ3v) is 5.75. The van der Waals surface area contributed by atoms with Crippen LogP contribution < -0.4 is 24.3 Å². The number of hydrogen-bond acceptors (Lipinski definition) is 7. The summed E-state index contributed by atoms with van der Waals surface area (Å²) in [6.45, 7) is 0.712. The van der Waals surface area contributed by atoms with Gasteiger partial charge in [0.1, 0.15) is 18.1 Å². The first-order valence-corrected chi connectivity index (χ1v) is 12.1. The van der Waals surface area contributed by atoms with Gasteiger partial charge in [-0.3, -0.25) is 4.79 Å². The number of aromatic nitrogens is 3. The van der Waals surface area contributed by atoms with E-state index in [1.54, 1.807) is 54.4 Å². The molecule has 4 aromatic rings. The van der Waals surface area contributed by atoms with Crippen LogP contribution in [0.4, 0.5) is 4.39 Å². The number of amides is 1. The van der Waals surface area contributed by atoms with E-state index in [0.29, 0.717) is 35.2 Å². The van der Waals surface area contributed by atoms with E-state index in [2.05, 4.69) is 15.6 Å². The molecule has 1 aromatic heterocycles. The Bertz CT molecular complexity index is 1510. The molecule has 0 bridgehead atoms. The van der Waals surface area contributed by atoms with Crippen molar-refractivity contribution in [1.82, 2.24) is 20.3 Å². The first kappa shape index (κ1) is 25.5. The predicted molar refractivity (Wildman–Crippen MR) is 141 cm³/mol. The Kier molecular flexibility index (Phi) is 7.82. The van der Waals surface area contributed by atoms with Crippen molar-refractivity contribution in [3.63, 3.8) is 0 Å². The Morgan fingerprint density at radius 2 is 1.90 bits per heavy atom. The van der Waals surface area contributed by atoms with Crippen LogP contribution in [0.3, 0.4) is 0 Å². The summed E-state index contributed by atoms with van der Waals surface area (Å²) in [7, 11) is 1.55. The summed E-state index contributed by atoms with van der Waals surface area (Å²) in [5.74, 6) is 1.94. The zero-order valence-corrected chi connectivity index (χ0v) is 21.0. The molecule has 198 valence electrons. The Morgan fingerprint density at radius 3 is 2.74 bits per heavy atom. The van der Waals surface area contributed by atoms with Crippen LogP contribution in [0.5, 0.6) is 23.0 Å². The average molecular weight is 529 g/mol. The fourth-order valence-corrected chi connectivity index (χ4v) is 3.75. The van der Waals surface area contributed by atoms with Crippen LogP contribution in [0.25, 0.3) is 11.8 Å². The highest BCUT2D eigenvalue weighted by Crippen LogP contribution is 2.33. The van der Waals surface area contributed by atoms with Gasteiger partial charge in [0.2, 0.25) is 12.7 Å². The molecular formula is C29H25FN4O5. The van der Waals surface area contributed by atoms with E-state index in [4.69, 9.17) is 18.9 Å². The maximum absolute atomic E-state index is 13.1. The molecule has 0 saturated heterocycles. The fraction of sp³-hybridized carbons (Fsp3) is 0.138. The van der Waals surface area contributed by atoms with E-state index < -0.39 is 0 Å². The third-order valence-electron chi connectivity index (χ3n) is 5.75. The minimum Gasteiger partial charge on any atom is -0.493 e. The summed E-state index contributed by atoms with van der Waals surface area (Å²) in [4.78, 5) is 12.2. The monoisotopic (exact) mass is 528 g/mol. The second kappa shape index (κ2) is 12.0. The Balaban J connectivity index is 1.11. The number of benzene rings is 3. The number of nitrogens with one attached hydrogen (secondary N) is 1. The highest BCUT2D eigenvalue weighted by molar-refractivity contribution is 5.87. The van der Waals surface area contributed by atoms with Gasteiger partial charge in [-0.25, -0.2) is 9.07 Å². The molecule has 0 spiro atoms. The summed E-state index contributed by atoms with van der Waals surface area (Å²) in [6, 6.07) is 17.0. The van der Waals surface area contributed by atoms with Crippen molar-refractivity contribution < 1.29 is 28.1 Å². The van der Waals surface area contributed by atoms with E-state index >= 15 is 0 Å². The van der Waals surface area contributed by atoms with Crippen molar-refractivity contribution in [3.05, 3.63) is 108 Å². The van der Waals surface area contributed by atoms with Gasteiger partial charge in [-0.1, -0.05) is 35.6 Å². The number of halogens is 1. The van der Waals surface area contributed by atoms with Crippen LogP contribution >= 0.6 is 0 Å². The number of rotatable bonds is 10. The van der Waals surface area contributed by atoms with Gasteiger partial charge >= 0.3 is 0 Å². The van der Waals surface area contributed by atoms with E-state index in [9.17, 15) is 9.18 Å². The number of hydrogen-bond donors (Lipinski definition) is 1. The molecule has 9 nitrogen and oxygen atoms in total. The standard InChI is InChI=1S/C29H25FN4O5/c1-36-27-15-21(16-31-29(35)5-3-2-4-20-6-12-26-28(14-20)39-19-38-26)7-13-25(27)37-18-23-17-34(33-32-23)24-10-8-22(30)9-11-24/h2-15,17H,16,18-19H2,1H3,(H,31,35)/b4-2+,5-3+. The topological polar surface area (TPSA) is 96.7 Å². The van der Waals surface area contributed by atoms with E-state index in [0.717, 1.165) is 16.9 Å². The van der Waals surface area contributed by atoms with Gasteiger partial charge in [-0.2, -0.15) is 0 Å². The number of nitrogens with zero attached hydrogens (tertiary/aromatic N) is 3. The van der Waals surface area contributed by atoms with Crippen LogP contribution in [0.2, 0.25) is 0 Å². The molecule has 0 atom stereocenters. The van der Waals surface area contributed by atoms with Gasteiger partial charge in [0.25, 0.3) is 0 Å². The van der Waals surface area contributed by atoms with Crippen molar-refractivity contribution >= 4 is 12.0 Å². The molecule has 1 aliphatic rings. The average Bonchev–Trinajstić information content (AvgIpc) is 3.63. The fourth-order valence-electron chi connectivity index (χ4n) is 3.75. The van der Waals surface area contributed by atoms with Crippen molar-refractivity contribution in [3.8, 4) is 28.7 Å². The number of fused-ring (bicyclic) bond motifs is 1. The molecular weight excluding hydrogens is 503 g/mol. The maximum Gasteiger partial charge on any atom is 0.244 e. The Morgan fingerprint density at radius 1 is 1.05 bits per heavy atom. The van der Waals surface area contributed by atoms with E-state index in [-0.39, 0.29) is 25.1 Å². The number of carbonyl (C=O) groups is 1. The minimum absolute atomic E-state index is 0.165. The molecule has 1 aliphatic heterocycles. The normalized spacial score (nSPS) is 12.3. The highest BCUT2D eigenvalue weighted by Gasteiger charge is 2.12. The smallest absolute Gasteiger partial charge is 0.244 e. The minimum atomic E-state index is -0.319. The number of methoxy groups -OCH3 is 1. The zero-order valence-electron chi connectivity index (χ0n) is 21.0. The molecule has 3 aromatic carbocycles. The van der Waals surface area contributed by atoms with Crippen molar-refractivity contribution in [2.24, 2.45) is 0 Å². The second-order valence-corrected chi connectivity index (χ2v) is 8.45. The quantitative estimate of drug-likeness (QED) is 0.237. The van der Waals surface area contributed by atoms with Gasteiger partial charge in [-0.05, 0) is 59.7 Å². The highest BCUT2D eigenvalue weighted by atomic mass is 19.1. The third kappa shape index (κ3) is 6.61. The van der Waals surface area contributed by atoms with Crippen molar-refractivity contribution in [2.75, 3.05) is 13.9 Å². The lowest BCUT2D eigenvalue weighted by atomic mass is 10.2. The Labute approximate surface area is 224 Å². The molecule has 2 heterocycles. The van der Waals surface area contributed by atoms with E-state index in [1.165, 1.54) is 18.2 Å². The van der Waals surface area contributed by atoms with Crippen LogP contribution in [0.15, 0.2) is 85.1 Å². The van der Waals surface area contributed by atoms with Crippen LogP contribution in [0.1, 0.15) is 16.8 Å². The molecule has 0 aliphatic carbocycles. The predicted octanol–water partition coefficient (Wildman–Crippen LogP) is 4.61. The van der Waals surface area contributed by atoms with E-state index in [1.807, 2.05) is 30.3 Å². The lowest BCUT2D eigenvalue weighted by Gasteiger charge is -2.11. The van der Waals surface area contributed by atoms with Gasteiger partial charge in [-0.15, -0.1) is 5.10 Å². The molecule has 5 rings (SSSR count). The maximum atomic E-state index is 13.1. The summed E-state index contributed by atoms with van der Waals surface area (Å²) in [5, 5.41) is 11.0. The Hall–Kier alpha value is -5.12. The summed E-state index contributed by atoms with van der Waals surface area (Å²) >= 11 is 0. The molecule has 1 amide bonds. The largest absolute Gasteiger partial charge is 0.493 e. The molecule has 39 heavy (non-hydrogen) atoms. The van der Waals surface area contributed by atoms with Gasteiger partial charge in [0.15, 0.2) is 23.0 Å². The lowest BCUT2D eigenvalue weighted by molar-refractivity contribution is -0.116. The number of carbonyl (C=O) groups excluding carboxylic acids is 1. The van der Waals surface area contributed by atoms with Crippen molar-refractivity contribution in [2.45, 2.75) is 13.2 Å². The molecule has 10 heteroatoms. The van der Waals surface area contributed by atoms with Gasteiger partial charge in [0.05, 0.1) is 19.0 Å². The number of allylic oxidation sites excluding steroid dienone is 2. The molecule has 0 saturated carbocycles. The SMILES string of the molecule is COc1cc(CNC(=O)/C=C/C=C/c2ccc3c(c2)OCO3)ccc1OCc1cn(-c2ccc(F)cc2)nn1. The lowest BCUT2D eigenvalue weighted by Crippen LogP contribution is -2.20. The van der Waals surface area contributed by atoms with Gasteiger partial charge in [0, 0.05) is 12.6 Å². The van der Waals surface area contributed by atoms with Gasteiger partial charge < -0.3 is 24.3 Å². The van der Waals surface area contributed by atoms with Crippen LogP contribution in [-0.2, 0) is 17.9 Å². The van der Waals surface area contributed by atoms with Crippen molar-refractivity contribution in [1.29, 1.82) is 0 Å². The second-order valence-electron chi connectivity index (χ2n) is 8.45. The summed E-state index contributed by atoms with van der Waals surface area (Å²) < 4.78 is 36.7. The molecule has 0 radical (unpaired) electrons.